The van der Waals surface area contributed by atoms with E-state index >= 15 is 0 Å². The monoisotopic (exact) mass is 666 g/mol. The average molecular weight is 667 g/mol. The number of hydrogen-bond donors (Lipinski definition) is 0. The first kappa shape index (κ1) is 29.0. The Hall–Kier alpha value is -5.60. The summed E-state index contributed by atoms with van der Waals surface area (Å²) in [6.45, 7) is 0. The maximum atomic E-state index is 5.43. The topological polar surface area (TPSA) is 25.8 Å². The summed E-state index contributed by atoms with van der Waals surface area (Å²) in [5.74, 6) is 3.32. The first-order valence-electron chi connectivity index (χ1n) is 19.3. The fourth-order valence-corrected chi connectivity index (χ4v) is 12.0. The maximum Gasteiger partial charge on any atom is 0.0985 e. The van der Waals surface area contributed by atoms with Crippen LogP contribution in [0.3, 0.4) is 0 Å². The number of aromatic nitrogens is 2. The molecule has 0 radical (unpaired) electrons. The first-order chi connectivity index (χ1) is 25.8. The van der Waals surface area contributed by atoms with E-state index in [4.69, 9.17) is 9.97 Å². The molecule has 52 heavy (non-hydrogen) atoms. The number of benzene rings is 7. The molecule has 0 amide bonds. The molecule has 0 unspecified atom stereocenters. The molecule has 2 heteroatoms. The van der Waals surface area contributed by atoms with Crippen molar-refractivity contribution < 1.29 is 0 Å². The molecule has 4 saturated carbocycles. The predicted octanol–water partition coefficient (Wildman–Crippen LogP) is 12.7. The molecule has 248 valence electrons. The average Bonchev–Trinajstić information content (AvgIpc) is 3.48. The van der Waals surface area contributed by atoms with Gasteiger partial charge in [-0.05, 0) is 129 Å². The van der Waals surface area contributed by atoms with Crippen molar-refractivity contribution in [3.63, 3.8) is 0 Å². The van der Waals surface area contributed by atoms with E-state index in [1.807, 2.05) is 6.07 Å². The molecule has 5 aliphatic carbocycles. The van der Waals surface area contributed by atoms with Crippen LogP contribution in [0, 0.1) is 23.7 Å². The number of rotatable bonds is 3. The summed E-state index contributed by atoms with van der Waals surface area (Å²) in [6, 6.07) is 53.9. The first-order valence-corrected chi connectivity index (χ1v) is 19.3. The van der Waals surface area contributed by atoms with E-state index in [0.29, 0.717) is 0 Å². The second kappa shape index (κ2) is 10.7. The molecule has 1 heterocycles. The number of nitrogens with zero attached hydrogens (tertiary/aromatic N) is 2. The molecule has 4 bridgehead atoms. The van der Waals surface area contributed by atoms with Gasteiger partial charge in [-0.2, -0.15) is 0 Å². The Morgan fingerprint density at radius 3 is 1.58 bits per heavy atom. The summed E-state index contributed by atoms with van der Waals surface area (Å²) in [5.41, 5.74) is 14.8. The molecular formula is C50H38N2. The molecule has 7 aromatic carbocycles. The highest BCUT2D eigenvalue weighted by Crippen LogP contribution is 2.69. The van der Waals surface area contributed by atoms with E-state index in [9.17, 15) is 0 Å². The van der Waals surface area contributed by atoms with E-state index in [2.05, 4.69) is 140 Å². The van der Waals surface area contributed by atoms with Crippen molar-refractivity contribution in [2.45, 2.75) is 37.5 Å². The van der Waals surface area contributed by atoms with E-state index in [-0.39, 0.29) is 5.41 Å². The van der Waals surface area contributed by atoms with Crippen LogP contribution in [-0.2, 0) is 5.41 Å². The largest absolute Gasteiger partial charge is 0.244 e. The van der Waals surface area contributed by atoms with Crippen LogP contribution in [0.5, 0.6) is 0 Å². The zero-order valence-electron chi connectivity index (χ0n) is 29.1. The van der Waals surface area contributed by atoms with Crippen molar-refractivity contribution in [3.8, 4) is 44.8 Å². The SMILES string of the molecule is c1ccc(-c2nc3ccccc3nc2-c2c3ccccc3c(-c3ccc4c(c3)C3(c5ccccc5-4)C4CC5CC(C4)CC3C5)c3ccccc23)cc1. The number of hydrogen-bond acceptors (Lipinski definition) is 2. The lowest BCUT2D eigenvalue weighted by molar-refractivity contribution is -0.0399. The van der Waals surface area contributed by atoms with Crippen LogP contribution in [0.4, 0.5) is 0 Å². The van der Waals surface area contributed by atoms with E-state index < -0.39 is 0 Å². The normalized spacial score (nSPS) is 23.8. The zero-order valence-corrected chi connectivity index (χ0v) is 29.1. The molecule has 0 aliphatic heterocycles. The minimum absolute atomic E-state index is 0.131. The second-order valence-electron chi connectivity index (χ2n) is 16.1. The fraction of sp³-hybridized carbons (Fsp3) is 0.200. The lowest BCUT2D eigenvalue weighted by Crippen LogP contribution is -2.55. The molecule has 1 spiro atoms. The molecule has 2 nitrogen and oxygen atoms in total. The summed E-state index contributed by atoms with van der Waals surface area (Å²) >= 11 is 0. The van der Waals surface area contributed by atoms with Gasteiger partial charge < -0.3 is 0 Å². The lowest BCUT2D eigenvalue weighted by Gasteiger charge is -2.61. The predicted molar refractivity (Wildman–Crippen MR) is 214 cm³/mol. The van der Waals surface area contributed by atoms with Gasteiger partial charge in [0.05, 0.1) is 22.4 Å². The van der Waals surface area contributed by atoms with Crippen LogP contribution < -0.4 is 0 Å². The molecular weight excluding hydrogens is 629 g/mol. The Kier molecular flexibility index (Phi) is 5.98. The van der Waals surface area contributed by atoms with Gasteiger partial charge in [0.1, 0.15) is 0 Å². The third-order valence-electron chi connectivity index (χ3n) is 13.6. The smallest absolute Gasteiger partial charge is 0.0985 e. The van der Waals surface area contributed by atoms with Gasteiger partial charge in [-0.1, -0.05) is 127 Å². The summed E-state index contributed by atoms with van der Waals surface area (Å²) in [5, 5.41) is 4.96. The zero-order chi connectivity index (χ0) is 34.0. The van der Waals surface area contributed by atoms with Crippen LogP contribution >= 0.6 is 0 Å². The summed E-state index contributed by atoms with van der Waals surface area (Å²) in [7, 11) is 0. The van der Waals surface area contributed by atoms with Crippen molar-refractivity contribution in [1.82, 2.24) is 9.97 Å². The summed E-state index contributed by atoms with van der Waals surface area (Å²) in [6.07, 6.45) is 7.03. The van der Waals surface area contributed by atoms with Gasteiger partial charge in [-0.3, -0.25) is 0 Å². The van der Waals surface area contributed by atoms with Gasteiger partial charge in [0.25, 0.3) is 0 Å². The minimum atomic E-state index is 0.131. The highest BCUT2D eigenvalue weighted by atomic mass is 14.8. The Labute approximate surface area is 304 Å². The number of para-hydroxylation sites is 2. The van der Waals surface area contributed by atoms with E-state index in [1.165, 1.54) is 75.9 Å². The highest BCUT2D eigenvalue weighted by molar-refractivity contribution is 6.22. The molecule has 1 aromatic heterocycles. The Bertz CT molecular complexity index is 2670. The highest BCUT2D eigenvalue weighted by Gasteiger charge is 2.61. The lowest BCUT2D eigenvalue weighted by atomic mass is 9.43. The van der Waals surface area contributed by atoms with E-state index in [1.54, 1.807) is 11.1 Å². The van der Waals surface area contributed by atoms with Gasteiger partial charge in [-0.15, -0.1) is 0 Å². The molecule has 0 N–H and O–H groups in total. The molecule has 8 aromatic rings. The Balaban J connectivity index is 1.14. The van der Waals surface area contributed by atoms with Crippen LogP contribution in [-0.4, -0.2) is 9.97 Å². The van der Waals surface area contributed by atoms with Crippen LogP contribution in [0.1, 0.15) is 43.2 Å². The van der Waals surface area contributed by atoms with Gasteiger partial charge in [0, 0.05) is 16.5 Å². The van der Waals surface area contributed by atoms with E-state index in [0.717, 1.165) is 57.2 Å². The second-order valence-corrected chi connectivity index (χ2v) is 16.1. The minimum Gasteiger partial charge on any atom is -0.244 e. The Morgan fingerprint density at radius 1 is 0.404 bits per heavy atom. The maximum absolute atomic E-state index is 5.43. The third-order valence-corrected chi connectivity index (χ3v) is 13.6. The summed E-state index contributed by atoms with van der Waals surface area (Å²) < 4.78 is 0. The van der Waals surface area contributed by atoms with Crippen LogP contribution in [0.25, 0.3) is 77.3 Å². The molecule has 0 atom stereocenters. The van der Waals surface area contributed by atoms with Crippen molar-refractivity contribution in [2.24, 2.45) is 23.7 Å². The van der Waals surface area contributed by atoms with Crippen LogP contribution in [0.2, 0.25) is 0 Å². The molecule has 4 fully saturated rings. The quantitative estimate of drug-likeness (QED) is 0.175. The van der Waals surface area contributed by atoms with Crippen LogP contribution in [0.15, 0.2) is 146 Å². The summed E-state index contributed by atoms with van der Waals surface area (Å²) in [4.78, 5) is 10.7. The van der Waals surface area contributed by atoms with Crippen molar-refractivity contribution >= 4 is 32.6 Å². The Morgan fingerprint density at radius 2 is 0.923 bits per heavy atom. The van der Waals surface area contributed by atoms with Gasteiger partial charge in [0.2, 0.25) is 0 Å². The van der Waals surface area contributed by atoms with Gasteiger partial charge in [-0.25, -0.2) is 9.97 Å². The van der Waals surface area contributed by atoms with Gasteiger partial charge in [0.15, 0.2) is 0 Å². The van der Waals surface area contributed by atoms with Crippen molar-refractivity contribution in [1.29, 1.82) is 0 Å². The fourth-order valence-electron chi connectivity index (χ4n) is 12.0. The standard InChI is InChI=1S/C50H38N2/c1-2-12-32(13-3-1)48-49(52-45-21-11-10-20-44(45)51-48)47-40-17-6-4-15-38(40)46(39-16-5-7-18-41(39)47)33-22-23-37-36-14-8-9-19-42(36)50(43(37)29-33)34-25-30-24-31(27-34)28-35(50)26-30/h1-23,29-31,34-35H,24-28H2. The number of fused-ring (bicyclic) bond motifs is 6. The van der Waals surface area contributed by atoms with Gasteiger partial charge >= 0.3 is 0 Å². The third kappa shape index (κ3) is 3.85. The molecule has 13 rings (SSSR count). The van der Waals surface area contributed by atoms with Crippen molar-refractivity contribution in [2.75, 3.05) is 0 Å². The van der Waals surface area contributed by atoms with Crippen molar-refractivity contribution in [3.05, 3.63) is 157 Å². The molecule has 0 saturated heterocycles. The molecule has 5 aliphatic rings.